The van der Waals surface area contributed by atoms with E-state index in [4.69, 9.17) is 16.1 Å². The number of hydrogen-bond donors (Lipinski definition) is 1. The summed E-state index contributed by atoms with van der Waals surface area (Å²) in [4.78, 5) is 2.01. The Labute approximate surface area is 184 Å². The van der Waals surface area contributed by atoms with Crippen molar-refractivity contribution in [1.82, 2.24) is 0 Å². The van der Waals surface area contributed by atoms with Gasteiger partial charge in [-0.2, -0.15) is 0 Å². The van der Waals surface area contributed by atoms with Gasteiger partial charge in [-0.1, -0.05) is 48.9 Å². The van der Waals surface area contributed by atoms with E-state index in [9.17, 15) is 4.57 Å². The normalized spacial score (nSPS) is 14.0. The van der Waals surface area contributed by atoms with E-state index in [0.717, 1.165) is 23.4 Å². The topological polar surface area (TPSA) is 41.6 Å². The van der Waals surface area contributed by atoms with Crippen LogP contribution >= 0.6 is 19.0 Å². The number of anilines is 2. The largest absolute Gasteiger partial charge is 0.378 e. The van der Waals surface area contributed by atoms with E-state index in [2.05, 4.69) is 5.32 Å². The van der Waals surface area contributed by atoms with Crippen molar-refractivity contribution in [2.24, 2.45) is 0 Å². The molecule has 1 N–H and O–H groups in total. The molecule has 0 spiro atoms. The summed E-state index contributed by atoms with van der Waals surface area (Å²) in [6, 6.07) is 25.0. The van der Waals surface area contributed by atoms with Gasteiger partial charge >= 0.3 is 0 Å². The van der Waals surface area contributed by atoms with Gasteiger partial charge in [0.25, 0.3) is 7.37 Å². The lowest BCUT2D eigenvalue weighted by atomic mass is 10.2. The van der Waals surface area contributed by atoms with Crippen LogP contribution in [-0.4, -0.2) is 20.7 Å². The summed E-state index contributed by atoms with van der Waals surface area (Å²) in [5, 5.41) is 4.78. The molecule has 3 rings (SSSR count). The SMILES string of the molecule is CCCO[P@@](=O)(c1ccc(N(C)C)cc1)[C@@H](Nc1ccccc1)c1ccc(Cl)cc1. The third-order valence-electron chi connectivity index (χ3n) is 4.82. The second-order valence-electron chi connectivity index (χ2n) is 7.31. The van der Waals surface area contributed by atoms with Crippen LogP contribution in [0, 0.1) is 0 Å². The molecule has 3 aromatic carbocycles. The highest BCUT2D eigenvalue weighted by Gasteiger charge is 2.37. The van der Waals surface area contributed by atoms with Gasteiger partial charge in [0, 0.05) is 35.8 Å². The number of para-hydroxylation sites is 1. The molecule has 0 aliphatic carbocycles. The van der Waals surface area contributed by atoms with Crippen LogP contribution in [0.5, 0.6) is 0 Å². The zero-order valence-electron chi connectivity index (χ0n) is 17.6. The Bertz CT molecular complexity index is 976. The zero-order chi connectivity index (χ0) is 21.6. The quantitative estimate of drug-likeness (QED) is 0.382. The second-order valence-corrected chi connectivity index (χ2v) is 10.2. The highest BCUT2D eigenvalue weighted by molar-refractivity contribution is 7.67. The van der Waals surface area contributed by atoms with Gasteiger partial charge in [-0.3, -0.25) is 4.57 Å². The third kappa shape index (κ3) is 5.26. The summed E-state index contributed by atoms with van der Waals surface area (Å²) in [6.07, 6.45) is 0.776. The van der Waals surface area contributed by atoms with Crippen molar-refractivity contribution in [3.8, 4) is 0 Å². The number of nitrogens with one attached hydrogen (secondary N) is 1. The van der Waals surface area contributed by atoms with Crippen LogP contribution in [-0.2, 0) is 9.09 Å². The first-order valence-electron chi connectivity index (χ1n) is 10.0. The van der Waals surface area contributed by atoms with Crippen LogP contribution in [0.15, 0.2) is 78.9 Å². The lowest BCUT2D eigenvalue weighted by Crippen LogP contribution is -2.21. The van der Waals surface area contributed by atoms with Gasteiger partial charge < -0.3 is 14.7 Å². The molecule has 3 aromatic rings. The van der Waals surface area contributed by atoms with Crippen LogP contribution in [0.2, 0.25) is 5.02 Å². The zero-order valence-corrected chi connectivity index (χ0v) is 19.2. The number of rotatable bonds is 9. The molecule has 4 nitrogen and oxygen atoms in total. The van der Waals surface area contributed by atoms with E-state index in [1.807, 2.05) is 105 Å². The van der Waals surface area contributed by atoms with Crippen molar-refractivity contribution in [1.29, 1.82) is 0 Å². The van der Waals surface area contributed by atoms with Crippen molar-refractivity contribution < 1.29 is 9.09 Å². The number of nitrogens with zero attached hydrogens (tertiary/aromatic N) is 1. The third-order valence-corrected chi connectivity index (χ3v) is 7.76. The molecule has 158 valence electrons. The second kappa shape index (κ2) is 10.2. The Morgan fingerprint density at radius 3 is 2.17 bits per heavy atom. The van der Waals surface area contributed by atoms with Gasteiger partial charge in [0.2, 0.25) is 0 Å². The Morgan fingerprint density at radius 1 is 0.967 bits per heavy atom. The maximum Gasteiger partial charge on any atom is 0.258 e. The van der Waals surface area contributed by atoms with E-state index < -0.39 is 13.2 Å². The molecule has 0 bridgehead atoms. The highest BCUT2D eigenvalue weighted by atomic mass is 35.5. The molecule has 0 saturated heterocycles. The molecule has 2 atom stereocenters. The predicted octanol–water partition coefficient (Wildman–Crippen LogP) is 6.55. The molecule has 0 heterocycles. The molecule has 0 aromatic heterocycles. The van der Waals surface area contributed by atoms with E-state index in [-0.39, 0.29) is 0 Å². The minimum Gasteiger partial charge on any atom is -0.378 e. The molecule has 0 radical (unpaired) electrons. The molecule has 0 saturated carbocycles. The Morgan fingerprint density at radius 2 is 1.60 bits per heavy atom. The molecule has 0 unspecified atom stereocenters. The van der Waals surface area contributed by atoms with Gasteiger partial charge in [0.05, 0.1) is 6.61 Å². The molecule has 0 fully saturated rings. The van der Waals surface area contributed by atoms with Crippen LogP contribution in [0.4, 0.5) is 11.4 Å². The summed E-state index contributed by atoms with van der Waals surface area (Å²) in [7, 11) is 0.640. The van der Waals surface area contributed by atoms with Crippen molar-refractivity contribution in [3.05, 3.63) is 89.4 Å². The fraction of sp³-hybridized carbons (Fsp3) is 0.250. The fourth-order valence-electron chi connectivity index (χ4n) is 3.19. The minimum absolute atomic E-state index is 0.410. The average Bonchev–Trinajstić information content (AvgIpc) is 2.77. The van der Waals surface area contributed by atoms with Crippen LogP contribution in [0.1, 0.15) is 24.7 Å². The standard InChI is InChI=1S/C24H28ClN2O2P/c1-4-18-29-30(28,23-16-14-22(15-17-23)27(2)3)24(19-10-12-20(25)13-11-19)26-21-8-6-5-7-9-21/h5-17,24,26H,4,18H2,1-3H3/t24-,30+/m1/s1. The summed E-state index contributed by atoms with van der Waals surface area (Å²) < 4.78 is 20.6. The Kier molecular flexibility index (Phi) is 7.60. The van der Waals surface area contributed by atoms with Gasteiger partial charge in [0.1, 0.15) is 5.78 Å². The first-order valence-corrected chi connectivity index (χ1v) is 12.1. The molecule has 0 amide bonds. The molecule has 6 heteroatoms. The van der Waals surface area contributed by atoms with Crippen LogP contribution in [0.3, 0.4) is 0 Å². The van der Waals surface area contributed by atoms with Crippen LogP contribution in [0.25, 0.3) is 0 Å². The van der Waals surface area contributed by atoms with Crippen molar-refractivity contribution in [2.45, 2.75) is 19.1 Å². The van der Waals surface area contributed by atoms with Crippen molar-refractivity contribution in [3.63, 3.8) is 0 Å². The minimum atomic E-state index is -3.32. The molecule has 0 aliphatic rings. The van der Waals surface area contributed by atoms with Gasteiger partial charge in [-0.15, -0.1) is 0 Å². The smallest absolute Gasteiger partial charge is 0.258 e. The molecule has 0 aliphatic heterocycles. The first-order chi connectivity index (χ1) is 14.4. The summed E-state index contributed by atoms with van der Waals surface area (Å²) >= 11 is 6.11. The maximum absolute atomic E-state index is 14.5. The summed E-state index contributed by atoms with van der Waals surface area (Å²) in [5.74, 6) is -0.547. The highest BCUT2D eigenvalue weighted by Crippen LogP contribution is 2.59. The van der Waals surface area contributed by atoms with E-state index >= 15 is 0 Å². The molecule has 30 heavy (non-hydrogen) atoms. The number of halogens is 1. The molecular formula is C24H28ClN2O2P. The van der Waals surface area contributed by atoms with Gasteiger partial charge in [-0.05, 0) is 60.5 Å². The Balaban J connectivity index is 2.10. The molecular weight excluding hydrogens is 415 g/mol. The summed E-state index contributed by atoms with van der Waals surface area (Å²) in [6.45, 7) is 2.43. The average molecular weight is 443 g/mol. The Hall–Kier alpha value is -2.26. The number of benzene rings is 3. The van der Waals surface area contributed by atoms with Crippen molar-refractivity contribution in [2.75, 3.05) is 30.9 Å². The lowest BCUT2D eigenvalue weighted by molar-refractivity contribution is 0.315. The van der Waals surface area contributed by atoms with E-state index in [1.54, 1.807) is 0 Å². The fourth-order valence-corrected chi connectivity index (χ4v) is 5.81. The lowest BCUT2D eigenvalue weighted by Gasteiger charge is -2.30. The van der Waals surface area contributed by atoms with Gasteiger partial charge in [0.15, 0.2) is 0 Å². The summed E-state index contributed by atoms with van der Waals surface area (Å²) in [5.41, 5.74) is 2.78. The predicted molar refractivity (Wildman–Crippen MR) is 129 cm³/mol. The van der Waals surface area contributed by atoms with Crippen molar-refractivity contribution >= 4 is 35.6 Å². The van der Waals surface area contributed by atoms with Crippen LogP contribution < -0.4 is 15.5 Å². The monoisotopic (exact) mass is 442 g/mol. The first kappa shape index (κ1) is 22.4. The van der Waals surface area contributed by atoms with Gasteiger partial charge in [-0.25, -0.2) is 0 Å². The van der Waals surface area contributed by atoms with E-state index in [0.29, 0.717) is 16.9 Å². The maximum atomic E-state index is 14.5. The van der Waals surface area contributed by atoms with E-state index in [1.165, 1.54) is 0 Å². The number of hydrogen-bond acceptors (Lipinski definition) is 4.